The van der Waals surface area contributed by atoms with Crippen LogP contribution in [-0.4, -0.2) is 13.2 Å². The van der Waals surface area contributed by atoms with Crippen molar-refractivity contribution in [3.63, 3.8) is 0 Å². The van der Waals surface area contributed by atoms with E-state index in [-0.39, 0.29) is 0 Å². The zero-order valence-corrected chi connectivity index (χ0v) is 12.9. The lowest BCUT2D eigenvalue weighted by Crippen LogP contribution is -2.15. The molecule has 1 aliphatic rings. The van der Waals surface area contributed by atoms with E-state index in [1.54, 1.807) is 0 Å². The first-order valence-corrected chi connectivity index (χ1v) is 8.31. The van der Waals surface area contributed by atoms with E-state index in [2.05, 4.69) is 36.5 Å². The van der Waals surface area contributed by atoms with Gasteiger partial charge in [-0.1, -0.05) is 44.7 Å². The molecular weight excluding hydrogens is 246 g/mol. The summed E-state index contributed by atoms with van der Waals surface area (Å²) in [6.07, 6.45) is 9.28. The summed E-state index contributed by atoms with van der Waals surface area (Å²) in [6, 6.07) is 8.54. The van der Waals surface area contributed by atoms with Crippen LogP contribution in [-0.2, 0) is 6.54 Å². The van der Waals surface area contributed by atoms with Gasteiger partial charge in [0.15, 0.2) is 0 Å². The fourth-order valence-electron chi connectivity index (χ4n) is 2.34. The van der Waals surface area contributed by atoms with Crippen molar-refractivity contribution in [2.75, 3.05) is 13.2 Å². The minimum atomic E-state index is 0.850. The normalized spacial score (nSPS) is 14.4. The minimum Gasteiger partial charge on any atom is -0.494 e. The van der Waals surface area contributed by atoms with E-state index >= 15 is 0 Å². The lowest BCUT2D eigenvalue weighted by atomic mass is 10.2. The minimum absolute atomic E-state index is 0.850. The number of unbranched alkanes of at least 4 members (excludes halogenated alkanes) is 4. The Labute approximate surface area is 123 Å². The predicted octanol–water partition coefficient (Wildman–Crippen LogP) is 4.54. The molecule has 0 atom stereocenters. The molecule has 1 N–H and O–H groups in total. The van der Waals surface area contributed by atoms with E-state index in [1.165, 1.54) is 57.1 Å². The van der Waals surface area contributed by atoms with Crippen molar-refractivity contribution in [1.82, 2.24) is 5.32 Å². The number of benzene rings is 1. The molecule has 1 aromatic rings. The predicted molar refractivity (Wildman–Crippen MR) is 85.1 cm³/mol. The Morgan fingerprint density at radius 2 is 1.80 bits per heavy atom. The molecule has 20 heavy (non-hydrogen) atoms. The second-order valence-corrected chi connectivity index (χ2v) is 5.98. The van der Waals surface area contributed by atoms with Crippen molar-refractivity contribution >= 4 is 0 Å². The lowest BCUT2D eigenvalue weighted by molar-refractivity contribution is 0.304. The smallest absolute Gasteiger partial charge is 0.119 e. The first-order valence-electron chi connectivity index (χ1n) is 8.31. The van der Waals surface area contributed by atoms with Gasteiger partial charge in [-0.05, 0) is 49.4 Å². The monoisotopic (exact) mass is 275 g/mol. The Morgan fingerprint density at radius 3 is 2.50 bits per heavy atom. The van der Waals surface area contributed by atoms with Gasteiger partial charge >= 0.3 is 0 Å². The zero-order chi connectivity index (χ0) is 14.0. The highest BCUT2D eigenvalue weighted by molar-refractivity contribution is 5.27. The van der Waals surface area contributed by atoms with Crippen LogP contribution in [0.5, 0.6) is 5.75 Å². The molecule has 2 nitrogen and oxygen atoms in total. The van der Waals surface area contributed by atoms with E-state index in [0.717, 1.165) is 24.8 Å². The van der Waals surface area contributed by atoms with Crippen molar-refractivity contribution in [3.8, 4) is 5.75 Å². The van der Waals surface area contributed by atoms with Crippen molar-refractivity contribution < 1.29 is 4.74 Å². The maximum Gasteiger partial charge on any atom is 0.119 e. The standard InChI is InChI=1S/C18H29NO/c1-2-3-4-5-6-13-20-18-11-9-17(10-12-18)15-19-14-16-7-8-16/h9-12,16,19H,2-8,13-15H2,1H3. The summed E-state index contributed by atoms with van der Waals surface area (Å²) in [7, 11) is 0. The molecular formula is C18H29NO. The third-order valence-corrected chi connectivity index (χ3v) is 3.90. The summed E-state index contributed by atoms with van der Waals surface area (Å²) in [4.78, 5) is 0. The van der Waals surface area contributed by atoms with Crippen LogP contribution in [0.15, 0.2) is 24.3 Å². The van der Waals surface area contributed by atoms with E-state index < -0.39 is 0 Å². The molecule has 0 aliphatic heterocycles. The average molecular weight is 275 g/mol. The Morgan fingerprint density at radius 1 is 1.05 bits per heavy atom. The molecule has 1 saturated carbocycles. The van der Waals surface area contributed by atoms with Crippen molar-refractivity contribution in [1.29, 1.82) is 0 Å². The Hall–Kier alpha value is -1.02. The van der Waals surface area contributed by atoms with E-state index in [4.69, 9.17) is 4.74 Å². The second-order valence-electron chi connectivity index (χ2n) is 5.98. The summed E-state index contributed by atoms with van der Waals surface area (Å²) in [5, 5.41) is 3.51. The number of rotatable bonds is 11. The van der Waals surface area contributed by atoms with Gasteiger partial charge in [0.2, 0.25) is 0 Å². The molecule has 0 unspecified atom stereocenters. The summed E-state index contributed by atoms with van der Waals surface area (Å²) in [5.41, 5.74) is 1.35. The molecule has 0 heterocycles. The maximum absolute atomic E-state index is 5.77. The zero-order valence-electron chi connectivity index (χ0n) is 12.9. The van der Waals surface area contributed by atoms with Gasteiger partial charge < -0.3 is 10.1 Å². The van der Waals surface area contributed by atoms with Crippen LogP contribution in [0.25, 0.3) is 0 Å². The summed E-state index contributed by atoms with van der Waals surface area (Å²) in [6.45, 7) is 5.25. The van der Waals surface area contributed by atoms with Gasteiger partial charge in [0.1, 0.15) is 5.75 Å². The topological polar surface area (TPSA) is 21.3 Å². The van der Waals surface area contributed by atoms with Crippen LogP contribution < -0.4 is 10.1 Å². The quantitative estimate of drug-likeness (QED) is 0.599. The van der Waals surface area contributed by atoms with Crippen LogP contribution in [0.2, 0.25) is 0 Å². The molecule has 1 fully saturated rings. The molecule has 112 valence electrons. The van der Waals surface area contributed by atoms with Gasteiger partial charge in [-0.3, -0.25) is 0 Å². The van der Waals surface area contributed by atoms with Crippen molar-refractivity contribution in [2.45, 2.75) is 58.4 Å². The molecule has 0 bridgehead atoms. The molecule has 0 radical (unpaired) electrons. The van der Waals surface area contributed by atoms with Crippen molar-refractivity contribution in [2.24, 2.45) is 5.92 Å². The van der Waals surface area contributed by atoms with Gasteiger partial charge in [0.05, 0.1) is 6.61 Å². The molecule has 0 aromatic heterocycles. The van der Waals surface area contributed by atoms with Gasteiger partial charge in [0.25, 0.3) is 0 Å². The lowest BCUT2D eigenvalue weighted by Gasteiger charge is -2.08. The fourth-order valence-corrected chi connectivity index (χ4v) is 2.34. The molecule has 1 aliphatic carbocycles. The van der Waals surface area contributed by atoms with E-state index in [9.17, 15) is 0 Å². The van der Waals surface area contributed by atoms with Crippen LogP contribution in [0.3, 0.4) is 0 Å². The molecule has 2 heteroatoms. The Balaban J connectivity index is 1.55. The van der Waals surface area contributed by atoms with Crippen molar-refractivity contribution in [3.05, 3.63) is 29.8 Å². The fraction of sp³-hybridized carbons (Fsp3) is 0.667. The second kappa shape index (κ2) is 9.02. The van der Waals surface area contributed by atoms with E-state index in [0.29, 0.717) is 0 Å². The van der Waals surface area contributed by atoms with Gasteiger partial charge in [-0.2, -0.15) is 0 Å². The maximum atomic E-state index is 5.77. The molecule has 2 rings (SSSR count). The largest absolute Gasteiger partial charge is 0.494 e. The average Bonchev–Trinajstić information content (AvgIpc) is 3.28. The Kier molecular flexibility index (Phi) is 6.93. The summed E-state index contributed by atoms with van der Waals surface area (Å²) < 4.78 is 5.77. The number of nitrogens with one attached hydrogen (secondary N) is 1. The molecule has 1 aromatic carbocycles. The number of hydrogen-bond donors (Lipinski definition) is 1. The molecule has 0 saturated heterocycles. The van der Waals surface area contributed by atoms with Crippen LogP contribution in [0.1, 0.15) is 57.4 Å². The van der Waals surface area contributed by atoms with E-state index in [1.807, 2.05) is 0 Å². The third kappa shape index (κ3) is 6.42. The van der Waals surface area contributed by atoms with Gasteiger partial charge in [-0.25, -0.2) is 0 Å². The molecule has 0 spiro atoms. The third-order valence-electron chi connectivity index (χ3n) is 3.90. The summed E-state index contributed by atoms with van der Waals surface area (Å²) in [5.74, 6) is 1.96. The number of hydrogen-bond acceptors (Lipinski definition) is 2. The first kappa shape index (κ1) is 15.4. The highest BCUT2D eigenvalue weighted by Gasteiger charge is 2.19. The van der Waals surface area contributed by atoms with Crippen LogP contribution in [0.4, 0.5) is 0 Å². The van der Waals surface area contributed by atoms with Crippen LogP contribution >= 0.6 is 0 Å². The summed E-state index contributed by atoms with van der Waals surface area (Å²) >= 11 is 0. The Bertz CT molecular complexity index is 356. The van der Waals surface area contributed by atoms with Gasteiger partial charge in [0, 0.05) is 6.54 Å². The van der Waals surface area contributed by atoms with Crippen LogP contribution in [0, 0.1) is 5.92 Å². The molecule has 0 amide bonds. The highest BCUT2D eigenvalue weighted by atomic mass is 16.5. The first-order chi connectivity index (χ1) is 9.88. The number of ether oxygens (including phenoxy) is 1. The highest BCUT2D eigenvalue weighted by Crippen LogP contribution is 2.27. The SMILES string of the molecule is CCCCCCCOc1ccc(CNCC2CC2)cc1. The van der Waals surface area contributed by atoms with Gasteiger partial charge in [-0.15, -0.1) is 0 Å².